The summed E-state index contributed by atoms with van der Waals surface area (Å²) in [7, 11) is 0. The van der Waals surface area contributed by atoms with E-state index in [1.54, 1.807) is 23.5 Å². The second-order valence-electron chi connectivity index (χ2n) is 4.15. The maximum atomic E-state index is 8.98. The van der Waals surface area contributed by atoms with Crippen LogP contribution in [0.3, 0.4) is 0 Å². The van der Waals surface area contributed by atoms with Gasteiger partial charge in [0.25, 0.3) is 0 Å². The summed E-state index contributed by atoms with van der Waals surface area (Å²) >= 11 is 8.95. The molecule has 3 aliphatic rings. The predicted octanol–water partition coefficient (Wildman–Crippen LogP) is 5.28. The lowest BCUT2D eigenvalue weighted by atomic mass is 10.5. The molecule has 0 N–H and O–H groups in total. The minimum atomic E-state index is 0.287. The van der Waals surface area contributed by atoms with Crippen LogP contribution >= 0.6 is 70.6 Å². The molecule has 0 aromatic carbocycles. The number of rotatable bonds is 2. The Balaban J connectivity index is 1.54. The minimum Gasteiger partial charge on any atom is -0.192 e. The van der Waals surface area contributed by atoms with E-state index < -0.39 is 0 Å². The quantitative estimate of drug-likeness (QED) is 0.587. The molecule has 3 aliphatic heterocycles. The van der Waals surface area contributed by atoms with Gasteiger partial charge in [0.2, 0.25) is 0 Å². The standard InChI is InChI=1S/C14H4N4S6/c15-3-7-8(4-16)20-11(19-7)1-13-23-14(24-13)2-12-21-9(5-17)10(6-18)22-12/h1-2,13-14H. The number of thioether (sulfide) groups is 6. The van der Waals surface area contributed by atoms with Gasteiger partial charge in [-0.05, 0) is 12.2 Å². The first-order chi connectivity index (χ1) is 11.7. The average Bonchev–Trinajstić information content (AvgIpc) is 3.15. The summed E-state index contributed by atoms with van der Waals surface area (Å²) in [6, 6.07) is 8.21. The maximum Gasteiger partial charge on any atom is 0.115 e. The van der Waals surface area contributed by atoms with Crippen molar-refractivity contribution >= 4 is 70.6 Å². The summed E-state index contributed by atoms with van der Waals surface area (Å²) in [5, 5.41) is 35.9. The Morgan fingerprint density at radius 1 is 0.583 bits per heavy atom. The van der Waals surface area contributed by atoms with Gasteiger partial charge in [-0.15, -0.1) is 23.5 Å². The van der Waals surface area contributed by atoms with Gasteiger partial charge in [0, 0.05) is 8.47 Å². The van der Waals surface area contributed by atoms with Crippen molar-refractivity contribution < 1.29 is 0 Å². The lowest BCUT2D eigenvalue weighted by molar-refractivity contribution is 1.49. The van der Waals surface area contributed by atoms with Crippen LogP contribution in [0.15, 0.2) is 40.2 Å². The van der Waals surface area contributed by atoms with Crippen LogP contribution < -0.4 is 0 Å². The Bertz CT molecular complexity index is 752. The van der Waals surface area contributed by atoms with Gasteiger partial charge < -0.3 is 0 Å². The van der Waals surface area contributed by atoms with Crippen molar-refractivity contribution in [3.63, 3.8) is 0 Å². The largest absolute Gasteiger partial charge is 0.192 e. The van der Waals surface area contributed by atoms with Gasteiger partial charge in [-0.1, -0.05) is 47.0 Å². The summed E-state index contributed by atoms with van der Waals surface area (Å²) in [5.74, 6) is 0. The zero-order valence-electron chi connectivity index (χ0n) is 11.5. The van der Waals surface area contributed by atoms with Gasteiger partial charge in [-0.3, -0.25) is 0 Å². The predicted molar refractivity (Wildman–Crippen MR) is 106 cm³/mol. The van der Waals surface area contributed by atoms with E-state index in [1.165, 1.54) is 47.0 Å². The first kappa shape index (κ1) is 17.8. The molecule has 10 heteroatoms. The summed E-state index contributed by atoms with van der Waals surface area (Å²) in [6.07, 6.45) is 4.16. The van der Waals surface area contributed by atoms with Crippen molar-refractivity contribution in [2.24, 2.45) is 0 Å². The fourth-order valence-corrected chi connectivity index (χ4v) is 9.10. The molecule has 0 unspecified atom stereocenters. The second-order valence-corrected chi connectivity index (χ2v) is 12.1. The van der Waals surface area contributed by atoms with Crippen LogP contribution in [0.5, 0.6) is 0 Å². The van der Waals surface area contributed by atoms with Crippen LogP contribution in [-0.4, -0.2) is 9.16 Å². The molecule has 116 valence electrons. The summed E-state index contributed by atoms with van der Waals surface area (Å²) in [6.45, 7) is 0. The van der Waals surface area contributed by atoms with Crippen LogP contribution in [0.4, 0.5) is 0 Å². The van der Waals surface area contributed by atoms with Gasteiger partial charge in [0.1, 0.15) is 43.9 Å². The zero-order valence-corrected chi connectivity index (χ0v) is 16.4. The van der Waals surface area contributed by atoms with E-state index in [1.807, 2.05) is 0 Å². The molecule has 0 radical (unpaired) electrons. The van der Waals surface area contributed by atoms with E-state index in [9.17, 15) is 0 Å². The molecule has 0 atom stereocenters. The fraction of sp³-hybridized carbons (Fsp3) is 0.143. The monoisotopic (exact) mass is 420 g/mol. The number of nitriles is 4. The molecule has 0 saturated carbocycles. The molecule has 0 bridgehead atoms. The van der Waals surface area contributed by atoms with Gasteiger partial charge in [0.15, 0.2) is 0 Å². The zero-order chi connectivity index (χ0) is 17.1. The highest BCUT2D eigenvalue weighted by Gasteiger charge is 2.32. The van der Waals surface area contributed by atoms with Crippen LogP contribution in [0.2, 0.25) is 0 Å². The lowest BCUT2D eigenvalue weighted by Gasteiger charge is -2.30. The van der Waals surface area contributed by atoms with Crippen molar-refractivity contribution in [2.75, 3.05) is 0 Å². The molecule has 4 nitrogen and oxygen atoms in total. The maximum absolute atomic E-state index is 8.98. The van der Waals surface area contributed by atoms with Crippen molar-refractivity contribution in [1.29, 1.82) is 21.0 Å². The Morgan fingerprint density at radius 3 is 1.12 bits per heavy atom. The van der Waals surface area contributed by atoms with Gasteiger partial charge in [-0.25, -0.2) is 0 Å². The van der Waals surface area contributed by atoms with Gasteiger partial charge in [-0.2, -0.15) is 21.0 Å². The molecular weight excluding hydrogens is 417 g/mol. The van der Waals surface area contributed by atoms with Gasteiger partial charge in [0.05, 0.1) is 9.16 Å². The molecule has 0 spiro atoms. The van der Waals surface area contributed by atoms with E-state index in [4.69, 9.17) is 21.0 Å². The molecule has 0 aromatic heterocycles. The number of allylic oxidation sites excluding steroid dienone is 4. The summed E-state index contributed by atoms with van der Waals surface area (Å²) in [5.41, 5.74) is 0. The molecule has 0 aromatic rings. The van der Waals surface area contributed by atoms with Crippen molar-refractivity contribution in [1.82, 2.24) is 0 Å². The van der Waals surface area contributed by atoms with E-state index in [0.29, 0.717) is 19.6 Å². The summed E-state index contributed by atoms with van der Waals surface area (Å²) < 4.78 is 2.53. The van der Waals surface area contributed by atoms with Crippen molar-refractivity contribution in [2.45, 2.75) is 9.16 Å². The SMILES string of the molecule is N#CC1=C(C#N)SC(=CC2SC(C=C3SC(C#N)=C(C#N)S3)S2)S1. The van der Waals surface area contributed by atoms with Crippen LogP contribution in [0.1, 0.15) is 0 Å². The highest BCUT2D eigenvalue weighted by Crippen LogP contribution is 2.56. The summed E-state index contributed by atoms with van der Waals surface area (Å²) in [4.78, 5) is 1.89. The molecule has 3 rings (SSSR count). The Morgan fingerprint density at radius 2 is 0.875 bits per heavy atom. The number of hydrogen-bond acceptors (Lipinski definition) is 10. The third-order valence-electron chi connectivity index (χ3n) is 2.71. The molecule has 1 saturated heterocycles. The lowest BCUT2D eigenvalue weighted by Crippen LogP contribution is -2.15. The highest BCUT2D eigenvalue weighted by molar-refractivity contribution is 8.34. The van der Waals surface area contributed by atoms with E-state index in [2.05, 4.69) is 36.4 Å². The number of hydrogen-bond donors (Lipinski definition) is 0. The Kier molecular flexibility index (Phi) is 5.89. The normalized spacial score (nSPS) is 25.5. The molecule has 0 aliphatic carbocycles. The van der Waals surface area contributed by atoms with Gasteiger partial charge >= 0.3 is 0 Å². The Hall–Kier alpha value is -0.980. The second kappa shape index (κ2) is 7.93. The fourth-order valence-electron chi connectivity index (χ4n) is 1.71. The van der Waals surface area contributed by atoms with Crippen molar-refractivity contribution in [3.05, 3.63) is 40.2 Å². The number of nitrogens with zero attached hydrogens (tertiary/aromatic N) is 4. The van der Waals surface area contributed by atoms with E-state index in [-0.39, 0.29) is 9.16 Å². The van der Waals surface area contributed by atoms with Crippen molar-refractivity contribution in [3.8, 4) is 24.3 Å². The molecule has 0 amide bonds. The Labute approximate surface area is 164 Å². The van der Waals surface area contributed by atoms with Crippen LogP contribution in [0, 0.1) is 45.3 Å². The average molecular weight is 421 g/mol. The highest BCUT2D eigenvalue weighted by atomic mass is 32.3. The molecule has 24 heavy (non-hydrogen) atoms. The molecule has 1 fully saturated rings. The molecule has 3 heterocycles. The van der Waals surface area contributed by atoms with Crippen LogP contribution in [0.25, 0.3) is 0 Å². The van der Waals surface area contributed by atoms with Crippen LogP contribution in [-0.2, 0) is 0 Å². The smallest absolute Gasteiger partial charge is 0.115 e. The first-order valence-electron chi connectivity index (χ1n) is 6.21. The third-order valence-corrected chi connectivity index (χ3v) is 10.3. The topological polar surface area (TPSA) is 95.2 Å². The first-order valence-corrected chi connectivity index (χ1v) is 11.4. The van der Waals surface area contributed by atoms with E-state index in [0.717, 1.165) is 8.47 Å². The molecular formula is C14H4N4S6. The van der Waals surface area contributed by atoms with E-state index >= 15 is 0 Å². The minimum absolute atomic E-state index is 0.287. The third kappa shape index (κ3) is 3.81.